The second-order valence-electron chi connectivity index (χ2n) is 4.74. The van der Waals surface area contributed by atoms with E-state index in [0.29, 0.717) is 4.47 Å². The van der Waals surface area contributed by atoms with Crippen molar-refractivity contribution in [2.24, 2.45) is 5.73 Å². The Balaban J connectivity index is 2.11. The van der Waals surface area contributed by atoms with Gasteiger partial charge in [0.1, 0.15) is 0 Å². The van der Waals surface area contributed by atoms with Gasteiger partial charge in [-0.2, -0.15) is 13.2 Å². The van der Waals surface area contributed by atoms with Crippen molar-refractivity contribution in [2.75, 3.05) is 0 Å². The molecule has 0 heterocycles. The topological polar surface area (TPSA) is 35.2 Å². The molecule has 0 spiro atoms. The van der Waals surface area contributed by atoms with Crippen LogP contribution in [0.1, 0.15) is 30.4 Å². The van der Waals surface area contributed by atoms with Gasteiger partial charge < -0.3 is 10.5 Å². The minimum absolute atomic E-state index is 0.0551. The minimum atomic E-state index is -4.37. The maximum absolute atomic E-state index is 12.9. The molecule has 1 fully saturated rings. The van der Waals surface area contributed by atoms with Crippen LogP contribution >= 0.6 is 15.9 Å². The summed E-state index contributed by atoms with van der Waals surface area (Å²) in [5.74, 6) is 0. The summed E-state index contributed by atoms with van der Waals surface area (Å²) >= 11 is 3.05. The molecule has 0 aromatic heterocycles. The molecule has 0 radical (unpaired) electrons. The summed E-state index contributed by atoms with van der Waals surface area (Å²) in [4.78, 5) is 0. The quantitative estimate of drug-likeness (QED) is 0.908. The van der Waals surface area contributed by atoms with Gasteiger partial charge in [-0.1, -0.05) is 22.0 Å². The van der Waals surface area contributed by atoms with Crippen molar-refractivity contribution in [3.05, 3.63) is 33.8 Å². The molecule has 0 unspecified atom stereocenters. The Hall–Kier alpha value is -0.590. The Morgan fingerprint density at radius 1 is 1.32 bits per heavy atom. The van der Waals surface area contributed by atoms with Gasteiger partial charge in [-0.05, 0) is 37.0 Å². The molecule has 19 heavy (non-hydrogen) atoms. The van der Waals surface area contributed by atoms with Crippen LogP contribution in [-0.4, -0.2) is 12.1 Å². The predicted molar refractivity (Wildman–Crippen MR) is 69.5 cm³/mol. The molecule has 0 saturated heterocycles. The van der Waals surface area contributed by atoms with Gasteiger partial charge in [0.05, 0.1) is 18.3 Å². The summed E-state index contributed by atoms with van der Waals surface area (Å²) in [5.41, 5.74) is 5.33. The fourth-order valence-corrected chi connectivity index (χ4v) is 2.66. The van der Waals surface area contributed by atoms with Crippen molar-refractivity contribution in [3.8, 4) is 0 Å². The lowest BCUT2D eigenvalue weighted by atomic mass is 10.1. The SMILES string of the molecule is N[C@H]1CCC[C@@H]1OCc1ccc(Br)cc1C(F)(F)F. The monoisotopic (exact) mass is 337 g/mol. The van der Waals surface area contributed by atoms with E-state index in [9.17, 15) is 13.2 Å². The number of nitrogens with two attached hydrogens (primary N) is 1. The Morgan fingerprint density at radius 3 is 2.63 bits per heavy atom. The van der Waals surface area contributed by atoms with Gasteiger partial charge in [-0.25, -0.2) is 0 Å². The van der Waals surface area contributed by atoms with Crippen LogP contribution in [0.4, 0.5) is 13.2 Å². The van der Waals surface area contributed by atoms with Crippen LogP contribution in [0.3, 0.4) is 0 Å². The van der Waals surface area contributed by atoms with Crippen molar-refractivity contribution < 1.29 is 17.9 Å². The molecule has 0 amide bonds. The van der Waals surface area contributed by atoms with Crippen molar-refractivity contribution in [3.63, 3.8) is 0 Å². The molecule has 2 nitrogen and oxygen atoms in total. The number of rotatable bonds is 3. The second-order valence-corrected chi connectivity index (χ2v) is 5.66. The van der Waals surface area contributed by atoms with Crippen LogP contribution in [0.2, 0.25) is 0 Å². The molecule has 2 atom stereocenters. The third-order valence-electron chi connectivity index (χ3n) is 3.33. The molecule has 0 bridgehead atoms. The Kier molecular flexibility index (Phi) is 4.53. The summed E-state index contributed by atoms with van der Waals surface area (Å²) < 4.78 is 44.7. The molecule has 1 aromatic rings. The standard InChI is InChI=1S/C13H15BrF3NO/c14-9-5-4-8(10(6-9)13(15,16)17)7-19-12-3-1-2-11(12)18/h4-6,11-12H,1-3,7,18H2/t11-,12-/m0/s1. The molecule has 6 heteroatoms. The van der Waals surface area contributed by atoms with Crippen molar-refractivity contribution in [2.45, 2.75) is 44.2 Å². The first-order chi connectivity index (χ1) is 8.88. The van der Waals surface area contributed by atoms with E-state index in [1.54, 1.807) is 6.07 Å². The molecule has 2 rings (SSSR count). The lowest BCUT2D eigenvalue weighted by Crippen LogP contribution is -2.31. The van der Waals surface area contributed by atoms with Crippen LogP contribution in [0.25, 0.3) is 0 Å². The molecular weight excluding hydrogens is 323 g/mol. The number of halogens is 4. The van der Waals surface area contributed by atoms with Crippen LogP contribution in [0, 0.1) is 0 Å². The van der Waals surface area contributed by atoms with Crippen LogP contribution in [-0.2, 0) is 17.5 Å². The van der Waals surface area contributed by atoms with Crippen LogP contribution in [0.5, 0.6) is 0 Å². The molecule has 1 saturated carbocycles. The third kappa shape index (κ3) is 3.70. The normalized spacial score (nSPS) is 23.8. The van der Waals surface area contributed by atoms with E-state index in [1.165, 1.54) is 6.07 Å². The van der Waals surface area contributed by atoms with Gasteiger partial charge in [0, 0.05) is 10.5 Å². The summed E-state index contributed by atoms with van der Waals surface area (Å²) in [6.07, 6.45) is -1.85. The van der Waals surface area contributed by atoms with Gasteiger partial charge in [0.15, 0.2) is 0 Å². The van der Waals surface area contributed by atoms with Crippen molar-refractivity contribution in [1.29, 1.82) is 0 Å². The zero-order valence-corrected chi connectivity index (χ0v) is 11.8. The molecule has 0 aliphatic heterocycles. The van der Waals surface area contributed by atoms with E-state index >= 15 is 0 Å². The number of benzene rings is 1. The van der Waals surface area contributed by atoms with E-state index in [-0.39, 0.29) is 24.3 Å². The van der Waals surface area contributed by atoms with Gasteiger partial charge in [-0.15, -0.1) is 0 Å². The molecule has 2 N–H and O–H groups in total. The second kappa shape index (κ2) is 5.81. The molecular formula is C13H15BrF3NO. The average Bonchev–Trinajstić information content (AvgIpc) is 2.72. The fraction of sp³-hybridized carbons (Fsp3) is 0.538. The van der Waals surface area contributed by atoms with Gasteiger partial charge in [0.2, 0.25) is 0 Å². The van der Waals surface area contributed by atoms with E-state index in [2.05, 4.69) is 15.9 Å². The highest BCUT2D eigenvalue weighted by Crippen LogP contribution is 2.34. The molecule has 1 aliphatic rings. The molecule has 1 aliphatic carbocycles. The van der Waals surface area contributed by atoms with Crippen LogP contribution in [0.15, 0.2) is 22.7 Å². The lowest BCUT2D eigenvalue weighted by molar-refractivity contribution is -0.139. The average molecular weight is 338 g/mol. The van der Waals surface area contributed by atoms with Crippen molar-refractivity contribution in [1.82, 2.24) is 0 Å². The smallest absolute Gasteiger partial charge is 0.372 e. The maximum atomic E-state index is 12.9. The Bertz CT molecular complexity index is 450. The summed E-state index contributed by atoms with van der Waals surface area (Å²) in [5, 5.41) is 0. The van der Waals surface area contributed by atoms with Crippen LogP contribution < -0.4 is 5.73 Å². The van der Waals surface area contributed by atoms with Gasteiger partial charge >= 0.3 is 6.18 Å². The largest absolute Gasteiger partial charge is 0.416 e. The van der Waals surface area contributed by atoms with Crippen molar-refractivity contribution >= 4 is 15.9 Å². The first-order valence-electron chi connectivity index (χ1n) is 6.11. The van der Waals surface area contributed by atoms with Gasteiger partial charge in [0.25, 0.3) is 0 Å². The summed E-state index contributed by atoms with van der Waals surface area (Å²) in [7, 11) is 0. The number of alkyl halides is 3. The lowest BCUT2D eigenvalue weighted by Gasteiger charge is -2.19. The van der Waals surface area contributed by atoms with E-state index in [4.69, 9.17) is 10.5 Å². The maximum Gasteiger partial charge on any atom is 0.416 e. The molecule has 1 aromatic carbocycles. The first-order valence-corrected chi connectivity index (χ1v) is 6.90. The number of hydrogen-bond donors (Lipinski definition) is 1. The zero-order valence-electron chi connectivity index (χ0n) is 10.2. The van der Waals surface area contributed by atoms with E-state index < -0.39 is 11.7 Å². The Morgan fingerprint density at radius 2 is 2.05 bits per heavy atom. The van der Waals surface area contributed by atoms with Gasteiger partial charge in [-0.3, -0.25) is 0 Å². The Labute approximate surface area is 118 Å². The highest BCUT2D eigenvalue weighted by molar-refractivity contribution is 9.10. The van der Waals surface area contributed by atoms with E-state index in [0.717, 1.165) is 25.3 Å². The third-order valence-corrected chi connectivity index (χ3v) is 3.83. The predicted octanol–water partition coefficient (Wildman–Crippen LogP) is 3.86. The summed E-state index contributed by atoms with van der Waals surface area (Å²) in [6, 6.07) is 4.04. The fourth-order valence-electron chi connectivity index (χ4n) is 2.30. The summed E-state index contributed by atoms with van der Waals surface area (Å²) in [6.45, 7) is -0.0551. The first kappa shape index (κ1) is 14.8. The minimum Gasteiger partial charge on any atom is -0.372 e. The zero-order chi connectivity index (χ0) is 14.0. The highest BCUT2D eigenvalue weighted by Gasteiger charge is 2.34. The molecule has 106 valence electrons. The highest BCUT2D eigenvalue weighted by atomic mass is 79.9. The number of ether oxygens (including phenoxy) is 1. The number of hydrogen-bond acceptors (Lipinski definition) is 2. The van der Waals surface area contributed by atoms with E-state index in [1.807, 2.05) is 0 Å².